The van der Waals surface area contributed by atoms with E-state index in [-0.39, 0.29) is 6.04 Å². The Morgan fingerprint density at radius 2 is 1.90 bits per heavy atom. The topological polar surface area (TPSA) is 64.7 Å². The monoisotopic (exact) mass is 286 g/mol. The summed E-state index contributed by atoms with van der Waals surface area (Å²) in [6.45, 7) is 0. The normalized spacial score (nSPS) is 12.3. The third-order valence-corrected chi connectivity index (χ3v) is 3.87. The largest absolute Gasteiger partial charge is 0.318 e. The van der Waals surface area contributed by atoms with Crippen LogP contribution in [-0.4, -0.2) is 15.2 Å². The van der Waals surface area contributed by atoms with Crippen molar-refractivity contribution in [1.82, 2.24) is 15.2 Å². The molecule has 0 radical (unpaired) electrons. The molecule has 3 rings (SSSR count). The Hall–Kier alpha value is -2.18. The third kappa shape index (κ3) is 2.56. The number of halogens is 1. The molecule has 0 amide bonds. The van der Waals surface area contributed by atoms with Gasteiger partial charge in [-0.25, -0.2) is 4.39 Å². The summed E-state index contributed by atoms with van der Waals surface area (Å²) in [7, 11) is 0. The van der Waals surface area contributed by atoms with E-state index in [1.165, 1.54) is 17.4 Å². The third-order valence-electron chi connectivity index (χ3n) is 2.82. The number of pyridine rings is 1. The summed E-state index contributed by atoms with van der Waals surface area (Å²) in [5.74, 6) is -0.397. The molecule has 2 heterocycles. The molecule has 0 spiro atoms. The number of aromatic nitrogens is 3. The van der Waals surface area contributed by atoms with Crippen LogP contribution in [0.15, 0.2) is 48.8 Å². The minimum Gasteiger partial charge on any atom is -0.318 e. The van der Waals surface area contributed by atoms with Crippen molar-refractivity contribution in [3.05, 3.63) is 65.2 Å². The van der Waals surface area contributed by atoms with Crippen molar-refractivity contribution in [2.24, 2.45) is 5.73 Å². The molecule has 3 aromatic rings. The lowest BCUT2D eigenvalue weighted by atomic mass is 10.1. The molecule has 0 aliphatic carbocycles. The van der Waals surface area contributed by atoms with Crippen molar-refractivity contribution in [2.45, 2.75) is 6.04 Å². The molecule has 0 fully saturated rings. The van der Waals surface area contributed by atoms with Gasteiger partial charge in [-0.1, -0.05) is 41.7 Å². The summed E-state index contributed by atoms with van der Waals surface area (Å²) in [6.07, 6.45) is 2.71. The summed E-state index contributed by atoms with van der Waals surface area (Å²) in [5.41, 5.74) is 7.73. The minimum absolute atomic E-state index is 0.330. The van der Waals surface area contributed by atoms with Gasteiger partial charge in [-0.05, 0) is 11.6 Å². The van der Waals surface area contributed by atoms with Crippen LogP contribution in [0.5, 0.6) is 0 Å². The van der Waals surface area contributed by atoms with Gasteiger partial charge in [0.05, 0.1) is 12.2 Å². The van der Waals surface area contributed by atoms with Crippen molar-refractivity contribution in [3.63, 3.8) is 0 Å². The standard InChI is InChI=1S/C14H11FN4S/c15-11-6-10(7-17-8-11)13-18-19-14(20-13)12(16)9-4-2-1-3-5-9/h1-8,12H,16H2. The van der Waals surface area contributed by atoms with Crippen LogP contribution < -0.4 is 5.73 Å². The van der Waals surface area contributed by atoms with E-state index < -0.39 is 5.82 Å². The molecular weight excluding hydrogens is 275 g/mol. The molecular formula is C14H11FN4S. The Balaban J connectivity index is 1.91. The highest BCUT2D eigenvalue weighted by Crippen LogP contribution is 2.28. The molecule has 4 nitrogen and oxygen atoms in total. The number of benzene rings is 1. The van der Waals surface area contributed by atoms with Crippen molar-refractivity contribution in [1.29, 1.82) is 0 Å². The van der Waals surface area contributed by atoms with Gasteiger partial charge in [0.25, 0.3) is 0 Å². The highest BCUT2D eigenvalue weighted by Gasteiger charge is 2.15. The lowest BCUT2D eigenvalue weighted by Crippen LogP contribution is -2.11. The first-order chi connectivity index (χ1) is 9.74. The molecule has 20 heavy (non-hydrogen) atoms. The molecule has 0 saturated carbocycles. The number of hydrogen-bond acceptors (Lipinski definition) is 5. The van der Waals surface area contributed by atoms with Crippen LogP contribution in [0.25, 0.3) is 10.6 Å². The quantitative estimate of drug-likeness (QED) is 0.804. The van der Waals surface area contributed by atoms with Gasteiger partial charge in [0.2, 0.25) is 0 Å². The molecule has 2 aromatic heterocycles. The number of nitrogens with zero attached hydrogens (tertiary/aromatic N) is 3. The zero-order chi connectivity index (χ0) is 13.9. The van der Waals surface area contributed by atoms with Gasteiger partial charge in [-0.15, -0.1) is 10.2 Å². The molecule has 6 heteroatoms. The fourth-order valence-electron chi connectivity index (χ4n) is 1.81. The second kappa shape index (κ2) is 5.44. The summed E-state index contributed by atoms with van der Waals surface area (Å²) in [5, 5.41) is 9.45. The van der Waals surface area contributed by atoms with Gasteiger partial charge in [-0.2, -0.15) is 0 Å². The fraction of sp³-hybridized carbons (Fsp3) is 0.0714. The summed E-state index contributed by atoms with van der Waals surface area (Å²) >= 11 is 1.34. The molecule has 2 N–H and O–H groups in total. The average Bonchev–Trinajstić information content (AvgIpc) is 2.97. The predicted octanol–water partition coefficient (Wildman–Crippen LogP) is 2.79. The van der Waals surface area contributed by atoms with Gasteiger partial charge in [0.15, 0.2) is 0 Å². The van der Waals surface area contributed by atoms with Gasteiger partial charge in [0, 0.05) is 11.8 Å². The molecule has 100 valence electrons. The zero-order valence-corrected chi connectivity index (χ0v) is 11.2. The molecule has 1 atom stereocenters. The first-order valence-corrected chi connectivity index (χ1v) is 6.80. The van der Waals surface area contributed by atoms with E-state index >= 15 is 0 Å². The van der Waals surface area contributed by atoms with Gasteiger partial charge >= 0.3 is 0 Å². The van der Waals surface area contributed by atoms with Crippen LogP contribution in [0.4, 0.5) is 4.39 Å². The second-order valence-corrected chi connectivity index (χ2v) is 5.23. The van der Waals surface area contributed by atoms with E-state index in [9.17, 15) is 4.39 Å². The first kappa shape index (κ1) is 12.8. The molecule has 0 saturated heterocycles. The summed E-state index contributed by atoms with van der Waals surface area (Å²) in [6, 6.07) is 10.7. The van der Waals surface area contributed by atoms with E-state index in [1.807, 2.05) is 30.3 Å². The van der Waals surface area contributed by atoms with E-state index in [2.05, 4.69) is 15.2 Å². The van der Waals surface area contributed by atoms with E-state index in [0.717, 1.165) is 11.8 Å². The van der Waals surface area contributed by atoms with Crippen LogP contribution >= 0.6 is 11.3 Å². The Morgan fingerprint density at radius 1 is 1.10 bits per heavy atom. The smallest absolute Gasteiger partial charge is 0.149 e. The van der Waals surface area contributed by atoms with Crippen LogP contribution in [0.1, 0.15) is 16.6 Å². The molecule has 1 aromatic carbocycles. The number of rotatable bonds is 3. The molecule has 0 aliphatic heterocycles. The highest BCUT2D eigenvalue weighted by atomic mass is 32.1. The minimum atomic E-state index is -0.397. The Morgan fingerprint density at radius 3 is 2.65 bits per heavy atom. The first-order valence-electron chi connectivity index (χ1n) is 5.99. The Labute approximate surface area is 119 Å². The number of hydrogen-bond donors (Lipinski definition) is 1. The molecule has 0 bridgehead atoms. The van der Waals surface area contributed by atoms with E-state index in [0.29, 0.717) is 15.6 Å². The van der Waals surface area contributed by atoms with Crippen molar-refractivity contribution in [2.75, 3.05) is 0 Å². The number of nitrogens with two attached hydrogens (primary N) is 1. The lowest BCUT2D eigenvalue weighted by molar-refractivity contribution is 0.622. The molecule has 1 unspecified atom stereocenters. The second-order valence-electron chi connectivity index (χ2n) is 4.23. The average molecular weight is 286 g/mol. The van der Waals surface area contributed by atoms with Crippen LogP contribution in [0.3, 0.4) is 0 Å². The van der Waals surface area contributed by atoms with Crippen molar-refractivity contribution >= 4 is 11.3 Å². The van der Waals surface area contributed by atoms with Crippen molar-refractivity contribution < 1.29 is 4.39 Å². The maximum absolute atomic E-state index is 13.2. The summed E-state index contributed by atoms with van der Waals surface area (Å²) < 4.78 is 13.2. The maximum Gasteiger partial charge on any atom is 0.149 e. The van der Waals surface area contributed by atoms with Crippen LogP contribution in [0.2, 0.25) is 0 Å². The van der Waals surface area contributed by atoms with Gasteiger partial charge in [0.1, 0.15) is 15.8 Å². The summed E-state index contributed by atoms with van der Waals surface area (Å²) in [4.78, 5) is 3.81. The van der Waals surface area contributed by atoms with Crippen LogP contribution in [-0.2, 0) is 0 Å². The SMILES string of the molecule is NC(c1ccccc1)c1nnc(-c2cncc(F)c2)s1. The van der Waals surface area contributed by atoms with Gasteiger partial charge in [-0.3, -0.25) is 4.98 Å². The van der Waals surface area contributed by atoms with Gasteiger partial charge < -0.3 is 5.73 Å². The highest BCUT2D eigenvalue weighted by molar-refractivity contribution is 7.14. The van der Waals surface area contributed by atoms with Crippen molar-refractivity contribution in [3.8, 4) is 10.6 Å². The Bertz CT molecular complexity index is 714. The van der Waals surface area contributed by atoms with E-state index in [1.54, 1.807) is 6.20 Å². The Kier molecular flexibility index (Phi) is 3.49. The molecule has 0 aliphatic rings. The fourth-order valence-corrected chi connectivity index (χ4v) is 2.66. The zero-order valence-electron chi connectivity index (χ0n) is 10.4. The maximum atomic E-state index is 13.2. The van der Waals surface area contributed by atoms with E-state index in [4.69, 9.17) is 5.73 Å². The lowest BCUT2D eigenvalue weighted by Gasteiger charge is -2.06. The van der Waals surface area contributed by atoms with Crippen LogP contribution in [0, 0.1) is 5.82 Å². The predicted molar refractivity (Wildman–Crippen MR) is 75.6 cm³/mol.